The Kier molecular flexibility index (Phi) is 5.79. The zero-order valence-electron chi connectivity index (χ0n) is 12.9. The summed E-state index contributed by atoms with van der Waals surface area (Å²) in [4.78, 5) is 15.2. The Bertz CT molecular complexity index is 438. The van der Waals surface area contributed by atoms with Crippen molar-refractivity contribution in [1.29, 1.82) is 0 Å². The van der Waals surface area contributed by atoms with E-state index in [9.17, 15) is 9.90 Å². The largest absolute Gasteiger partial charge is 0.466 e. The number of aliphatic hydroxyl groups is 1. The van der Waals surface area contributed by atoms with Crippen LogP contribution in [0.2, 0.25) is 0 Å². The molecular weight excluding hydrogens is 286 g/mol. The predicted octanol–water partition coefficient (Wildman–Crippen LogP) is 2.66. The molecule has 1 heterocycles. The van der Waals surface area contributed by atoms with Crippen LogP contribution in [0, 0.1) is 5.92 Å². The average Bonchev–Trinajstić information content (AvgIpc) is 2.92. The fourth-order valence-corrected chi connectivity index (χ4v) is 3.82. The van der Waals surface area contributed by atoms with Crippen LogP contribution in [0.1, 0.15) is 37.5 Å². The van der Waals surface area contributed by atoms with E-state index in [1.165, 1.54) is 4.88 Å². The van der Waals surface area contributed by atoms with Crippen molar-refractivity contribution in [3.63, 3.8) is 0 Å². The van der Waals surface area contributed by atoms with Gasteiger partial charge in [0, 0.05) is 18.0 Å². The van der Waals surface area contributed by atoms with Crippen LogP contribution < -0.4 is 0 Å². The number of hydrogen-bond acceptors (Lipinski definition) is 5. The van der Waals surface area contributed by atoms with Gasteiger partial charge < -0.3 is 9.84 Å². The van der Waals surface area contributed by atoms with Crippen molar-refractivity contribution in [2.45, 2.75) is 44.8 Å². The lowest BCUT2D eigenvalue weighted by Gasteiger charge is -2.37. The van der Waals surface area contributed by atoms with Gasteiger partial charge in [-0.3, -0.25) is 9.69 Å². The van der Waals surface area contributed by atoms with Crippen LogP contribution in [-0.2, 0) is 16.1 Å². The molecular formula is C16H25NO3S. The monoisotopic (exact) mass is 311 g/mol. The first kappa shape index (κ1) is 16.5. The van der Waals surface area contributed by atoms with Gasteiger partial charge in [-0.1, -0.05) is 6.07 Å². The number of nitrogens with zero attached hydrogens (tertiary/aromatic N) is 1. The highest BCUT2D eigenvalue weighted by molar-refractivity contribution is 7.09. The van der Waals surface area contributed by atoms with Crippen molar-refractivity contribution in [2.24, 2.45) is 5.92 Å². The Morgan fingerprint density at radius 1 is 1.52 bits per heavy atom. The van der Waals surface area contributed by atoms with Crippen molar-refractivity contribution in [2.75, 3.05) is 20.2 Å². The number of rotatable bonds is 6. The lowest BCUT2D eigenvalue weighted by molar-refractivity contribution is -0.151. The van der Waals surface area contributed by atoms with Crippen LogP contribution in [0.3, 0.4) is 0 Å². The molecule has 0 unspecified atom stereocenters. The fraction of sp³-hybridized carbons (Fsp3) is 0.688. The van der Waals surface area contributed by atoms with E-state index in [1.807, 2.05) is 20.0 Å². The minimum atomic E-state index is -0.672. The second-order valence-corrected chi connectivity index (χ2v) is 7.03. The van der Waals surface area contributed by atoms with Crippen LogP contribution in [0.25, 0.3) is 0 Å². The number of carbonyl (C=O) groups is 1. The summed E-state index contributed by atoms with van der Waals surface area (Å²) in [6, 6.07) is 4.16. The quantitative estimate of drug-likeness (QED) is 0.821. The fourth-order valence-electron chi connectivity index (χ4n) is 3.04. The molecule has 0 radical (unpaired) electrons. The van der Waals surface area contributed by atoms with Gasteiger partial charge in [0.25, 0.3) is 0 Å². The maximum Gasteiger partial charge on any atom is 0.308 e. The zero-order chi connectivity index (χ0) is 15.3. The Hall–Kier alpha value is -0.910. The van der Waals surface area contributed by atoms with Crippen LogP contribution in [0.4, 0.5) is 0 Å². The predicted molar refractivity (Wildman–Crippen MR) is 84.2 cm³/mol. The summed E-state index contributed by atoms with van der Waals surface area (Å²) in [5, 5.41) is 12.8. The minimum absolute atomic E-state index is 0.0344. The molecule has 1 saturated carbocycles. The molecule has 21 heavy (non-hydrogen) atoms. The van der Waals surface area contributed by atoms with E-state index in [-0.39, 0.29) is 11.9 Å². The van der Waals surface area contributed by atoms with Crippen LogP contribution in [-0.4, -0.2) is 41.8 Å². The molecule has 1 aromatic heterocycles. The summed E-state index contributed by atoms with van der Waals surface area (Å²) in [6.07, 6.45) is 2.79. The molecule has 5 heteroatoms. The van der Waals surface area contributed by atoms with E-state index in [0.717, 1.165) is 19.4 Å². The summed E-state index contributed by atoms with van der Waals surface area (Å²) >= 11 is 1.74. The van der Waals surface area contributed by atoms with Gasteiger partial charge in [-0.25, -0.2) is 0 Å². The molecule has 0 aliphatic heterocycles. The topological polar surface area (TPSA) is 49.8 Å². The first-order chi connectivity index (χ1) is 10.0. The first-order valence-electron chi connectivity index (χ1n) is 7.62. The lowest BCUT2D eigenvalue weighted by atomic mass is 9.78. The Morgan fingerprint density at radius 3 is 2.81 bits per heavy atom. The van der Waals surface area contributed by atoms with Gasteiger partial charge in [0.2, 0.25) is 0 Å². The molecule has 4 nitrogen and oxygen atoms in total. The van der Waals surface area contributed by atoms with E-state index in [1.54, 1.807) is 11.3 Å². The summed E-state index contributed by atoms with van der Waals surface area (Å²) in [5.74, 6) is -0.140. The molecule has 0 aromatic carbocycles. The highest BCUT2D eigenvalue weighted by Gasteiger charge is 2.37. The number of hydrogen-bond donors (Lipinski definition) is 1. The molecule has 2 rings (SSSR count). The summed E-state index contributed by atoms with van der Waals surface area (Å²) < 4.78 is 5.07. The molecule has 0 atom stereocenters. The van der Waals surface area contributed by atoms with Gasteiger partial charge in [0.15, 0.2) is 0 Å². The van der Waals surface area contributed by atoms with Crippen molar-refractivity contribution >= 4 is 17.3 Å². The second-order valence-electron chi connectivity index (χ2n) is 6.00. The summed E-state index contributed by atoms with van der Waals surface area (Å²) in [5.41, 5.74) is -0.672. The van der Waals surface area contributed by atoms with E-state index >= 15 is 0 Å². The smallest absolute Gasteiger partial charge is 0.308 e. The molecule has 1 aliphatic carbocycles. The molecule has 1 fully saturated rings. The van der Waals surface area contributed by atoms with Gasteiger partial charge >= 0.3 is 5.97 Å². The first-order valence-corrected chi connectivity index (χ1v) is 8.50. The maximum atomic E-state index is 11.7. The van der Waals surface area contributed by atoms with Crippen molar-refractivity contribution in [1.82, 2.24) is 4.90 Å². The second kappa shape index (κ2) is 7.38. The molecule has 0 amide bonds. The van der Waals surface area contributed by atoms with Gasteiger partial charge in [0.1, 0.15) is 0 Å². The van der Waals surface area contributed by atoms with Gasteiger partial charge in [-0.05, 0) is 51.1 Å². The molecule has 1 aromatic rings. The molecule has 1 aliphatic rings. The zero-order valence-corrected chi connectivity index (χ0v) is 13.7. The normalized spacial score (nSPS) is 26.0. The van der Waals surface area contributed by atoms with Crippen LogP contribution in [0.5, 0.6) is 0 Å². The molecule has 0 bridgehead atoms. The van der Waals surface area contributed by atoms with Crippen LogP contribution in [0.15, 0.2) is 17.5 Å². The Labute approximate surface area is 130 Å². The third-order valence-electron chi connectivity index (χ3n) is 4.11. The highest BCUT2D eigenvalue weighted by Crippen LogP contribution is 2.33. The summed E-state index contributed by atoms with van der Waals surface area (Å²) in [7, 11) is 2.04. The third-order valence-corrected chi connectivity index (χ3v) is 4.97. The Balaban J connectivity index is 1.80. The number of carbonyl (C=O) groups excluding carboxylic acids is 1. The highest BCUT2D eigenvalue weighted by atomic mass is 32.1. The number of thiophene rings is 1. The molecule has 1 N–H and O–H groups in total. The standard InChI is InChI=1S/C16H25NO3S/c1-3-20-15(18)13-6-8-16(19,9-7-13)12-17(2)11-14-5-4-10-21-14/h4-5,10,13,19H,3,6-9,11-12H2,1-2H3. The number of ether oxygens (including phenoxy) is 1. The van der Waals surface area contributed by atoms with E-state index < -0.39 is 5.60 Å². The molecule has 0 saturated heterocycles. The van der Waals surface area contributed by atoms with Crippen molar-refractivity contribution in [3.05, 3.63) is 22.4 Å². The third kappa shape index (κ3) is 4.80. The van der Waals surface area contributed by atoms with Gasteiger partial charge in [0.05, 0.1) is 18.1 Å². The van der Waals surface area contributed by atoms with E-state index in [2.05, 4.69) is 16.3 Å². The molecule has 0 spiro atoms. The van der Waals surface area contributed by atoms with E-state index in [4.69, 9.17) is 4.74 Å². The minimum Gasteiger partial charge on any atom is -0.466 e. The van der Waals surface area contributed by atoms with Crippen LogP contribution >= 0.6 is 11.3 Å². The maximum absolute atomic E-state index is 11.7. The average molecular weight is 311 g/mol. The van der Waals surface area contributed by atoms with Gasteiger partial charge in [-0.15, -0.1) is 11.3 Å². The number of likely N-dealkylation sites (N-methyl/N-ethyl adjacent to an activating group) is 1. The van der Waals surface area contributed by atoms with E-state index in [0.29, 0.717) is 26.0 Å². The molecule has 118 valence electrons. The van der Waals surface area contributed by atoms with Gasteiger partial charge in [-0.2, -0.15) is 0 Å². The lowest BCUT2D eigenvalue weighted by Crippen LogP contribution is -2.45. The number of esters is 1. The Morgan fingerprint density at radius 2 is 2.24 bits per heavy atom. The summed E-state index contributed by atoms with van der Waals surface area (Å²) in [6.45, 7) is 3.78. The SMILES string of the molecule is CCOC(=O)C1CCC(O)(CN(C)Cc2cccs2)CC1. The van der Waals surface area contributed by atoms with Crippen molar-refractivity contribution < 1.29 is 14.6 Å². The van der Waals surface area contributed by atoms with Crippen molar-refractivity contribution in [3.8, 4) is 0 Å².